The zero-order chi connectivity index (χ0) is 20.5. The number of piperazine rings is 1. The number of pyridine rings is 1. The van der Waals surface area contributed by atoms with Gasteiger partial charge in [0.15, 0.2) is 5.75 Å². The molecule has 1 aliphatic heterocycles. The lowest BCUT2D eigenvalue weighted by atomic mass is 10.2. The zero-order valence-electron chi connectivity index (χ0n) is 14.7. The molecule has 3 rings (SSSR count). The van der Waals surface area contributed by atoms with E-state index in [0.717, 1.165) is 6.20 Å². The first kappa shape index (κ1) is 20.2. The molecule has 0 spiro atoms. The first-order valence-corrected chi connectivity index (χ1v) is 10.2. The maximum atomic E-state index is 12.7. The lowest BCUT2D eigenvalue weighted by Gasteiger charge is -2.33. The Morgan fingerprint density at radius 3 is 2.25 bits per heavy atom. The summed E-state index contributed by atoms with van der Waals surface area (Å²) < 4.78 is 25.8. The molecule has 2 aromatic rings. The van der Waals surface area contributed by atoms with Crippen LogP contribution >= 0.6 is 11.6 Å². The topological polar surface area (TPSA) is 120 Å². The Balaban J connectivity index is 1.83. The van der Waals surface area contributed by atoms with Gasteiger partial charge < -0.3 is 15.1 Å². The highest BCUT2D eigenvalue weighted by molar-refractivity contribution is 7.90. The second-order valence-electron chi connectivity index (χ2n) is 6.30. The minimum atomic E-state index is -4.18. The van der Waals surface area contributed by atoms with Crippen LogP contribution in [0.2, 0.25) is 5.02 Å². The van der Waals surface area contributed by atoms with Crippen molar-refractivity contribution in [1.82, 2.24) is 13.8 Å². The van der Waals surface area contributed by atoms with Crippen molar-refractivity contribution < 1.29 is 23.4 Å². The van der Waals surface area contributed by atoms with Crippen LogP contribution in [0.4, 0.5) is 4.79 Å². The summed E-state index contributed by atoms with van der Waals surface area (Å²) in [5.74, 6) is -0.652. The van der Waals surface area contributed by atoms with Crippen LogP contribution in [0.1, 0.15) is 5.56 Å². The van der Waals surface area contributed by atoms with Gasteiger partial charge in [-0.3, -0.25) is 9.69 Å². The Labute approximate surface area is 166 Å². The fourth-order valence-electron chi connectivity index (χ4n) is 2.92. The second-order valence-corrected chi connectivity index (χ2v) is 8.55. The normalized spacial score (nSPS) is 15.5. The van der Waals surface area contributed by atoms with Gasteiger partial charge >= 0.3 is 11.7 Å². The molecular formula is C17H18ClN3O6S. The van der Waals surface area contributed by atoms with E-state index in [0.29, 0.717) is 35.2 Å². The summed E-state index contributed by atoms with van der Waals surface area (Å²) in [5, 5.41) is 19.6. The number of aromatic hydroxyl groups is 1. The number of carboxylic acid groups (broad SMARTS) is 1. The molecule has 9 nitrogen and oxygen atoms in total. The average Bonchev–Trinajstić information content (AvgIpc) is 2.66. The molecule has 1 aromatic heterocycles. The van der Waals surface area contributed by atoms with Crippen LogP contribution in [0.3, 0.4) is 0 Å². The molecule has 1 aromatic carbocycles. The monoisotopic (exact) mass is 427 g/mol. The summed E-state index contributed by atoms with van der Waals surface area (Å²) in [5.41, 5.74) is -0.770. The summed E-state index contributed by atoms with van der Waals surface area (Å²) in [6, 6.07) is 6.71. The van der Waals surface area contributed by atoms with Gasteiger partial charge in [-0.1, -0.05) is 11.6 Å². The summed E-state index contributed by atoms with van der Waals surface area (Å²) in [6.45, 7) is 1.72. The van der Waals surface area contributed by atoms with Gasteiger partial charge in [0.2, 0.25) is 0 Å². The molecule has 0 atom stereocenters. The summed E-state index contributed by atoms with van der Waals surface area (Å²) >= 11 is 5.76. The molecule has 0 radical (unpaired) electrons. The molecular weight excluding hydrogens is 410 g/mol. The maximum absolute atomic E-state index is 12.7. The number of amides is 1. The molecule has 0 saturated carbocycles. The van der Waals surface area contributed by atoms with Crippen LogP contribution in [-0.2, 0) is 16.6 Å². The minimum absolute atomic E-state index is 0.129. The maximum Gasteiger partial charge on any atom is 0.407 e. The minimum Gasteiger partial charge on any atom is -0.503 e. The van der Waals surface area contributed by atoms with Crippen LogP contribution in [0, 0.1) is 0 Å². The molecule has 0 aliphatic carbocycles. The number of hydrogen-bond acceptors (Lipinski definition) is 6. The lowest BCUT2D eigenvalue weighted by molar-refractivity contribution is 0.102. The standard InChI is InChI=1S/C17H18ClN3O6S/c18-13-1-3-14(4-2-13)28(26,27)21-6-5-12(15(22)16(21)23)11-19-7-9-20(10-8-19)17(24)25/h1-6,22H,7-11H2,(H,24,25). The Hall–Kier alpha value is -2.56. The van der Waals surface area contributed by atoms with Gasteiger partial charge in [-0.25, -0.2) is 17.2 Å². The van der Waals surface area contributed by atoms with E-state index < -0.39 is 27.4 Å². The zero-order valence-corrected chi connectivity index (χ0v) is 16.2. The Kier molecular flexibility index (Phi) is 5.64. The smallest absolute Gasteiger partial charge is 0.407 e. The van der Waals surface area contributed by atoms with Crippen molar-refractivity contribution in [2.45, 2.75) is 11.4 Å². The molecule has 1 fully saturated rings. The number of nitrogens with zero attached hydrogens (tertiary/aromatic N) is 3. The van der Waals surface area contributed by atoms with E-state index in [9.17, 15) is 23.1 Å². The Bertz CT molecular complexity index is 1040. The molecule has 28 heavy (non-hydrogen) atoms. The summed E-state index contributed by atoms with van der Waals surface area (Å²) in [6.07, 6.45) is 0.118. The predicted octanol–water partition coefficient (Wildman–Crippen LogP) is 1.24. The molecule has 11 heteroatoms. The number of rotatable bonds is 4. The van der Waals surface area contributed by atoms with Crippen LogP contribution in [0.25, 0.3) is 0 Å². The van der Waals surface area contributed by atoms with E-state index in [2.05, 4.69) is 0 Å². The first-order chi connectivity index (χ1) is 13.2. The SMILES string of the molecule is O=C(O)N1CCN(Cc2ccn(S(=O)(=O)c3ccc(Cl)cc3)c(=O)c2O)CC1. The van der Waals surface area contributed by atoms with Crippen molar-refractivity contribution in [1.29, 1.82) is 0 Å². The predicted molar refractivity (Wildman–Crippen MR) is 101 cm³/mol. The average molecular weight is 428 g/mol. The number of benzene rings is 1. The summed E-state index contributed by atoms with van der Waals surface area (Å²) in [4.78, 5) is 26.4. The fourth-order valence-corrected chi connectivity index (χ4v) is 4.28. The van der Waals surface area contributed by atoms with Crippen LogP contribution in [-0.4, -0.2) is 64.7 Å². The van der Waals surface area contributed by atoms with E-state index in [4.69, 9.17) is 16.7 Å². The van der Waals surface area contributed by atoms with E-state index in [1.807, 2.05) is 4.90 Å². The number of carbonyl (C=O) groups is 1. The quantitative estimate of drug-likeness (QED) is 0.753. The first-order valence-electron chi connectivity index (χ1n) is 8.35. The molecule has 0 unspecified atom stereocenters. The van der Waals surface area contributed by atoms with E-state index in [1.165, 1.54) is 35.2 Å². The van der Waals surface area contributed by atoms with E-state index >= 15 is 0 Å². The number of halogens is 1. The van der Waals surface area contributed by atoms with Gasteiger partial charge in [-0.05, 0) is 30.3 Å². The second kappa shape index (κ2) is 7.82. The molecule has 1 amide bonds. The molecule has 1 aliphatic rings. The van der Waals surface area contributed by atoms with E-state index in [1.54, 1.807) is 0 Å². The van der Waals surface area contributed by atoms with Crippen molar-refractivity contribution in [3.63, 3.8) is 0 Å². The Morgan fingerprint density at radius 2 is 1.68 bits per heavy atom. The van der Waals surface area contributed by atoms with Gasteiger partial charge in [-0.15, -0.1) is 0 Å². The van der Waals surface area contributed by atoms with Crippen LogP contribution in [0.15, 0.2) is 46.2 Å². The third kappa shape index (κ3) is 3.98. The lowest BCUT2D eigenvalue weighted by Crippen LogP contribution is -2.47. The fraction of sp³-hybridized carbons (Fsp3) is 0.294. The van der Waals surface area contributed by atoms with Crippen LogP contribution in [0.5, 0.6) is 5.75 Å². The van der Waals surface area contributed by atoms with Crippen molar-refractivity contribution in [2.24, 2.45) is 0 Å². The number of hydrogen-bond donors (Lipinski definition) is 2. The third-order valence-corrected chi connectivity index (χ3v) is 6.45. The van der Waals surface area contributed by atoms with Crippen molar-refractivity contribution in [3.8, 4) is 5.75 Å². The van der Waals surface area contributed by atoms with Crippen LogP contribution < -0.4 is 5.56 Å². The molecule has 0 bridgehead atoms. The summed E-state index contributed by atoms with van der Waals surface area (Å²) in [7, 11) is -4.18. The van der Waals surface area contributed by atoms with Crippen molar-refractivity contribution in [2.75, 3.05) is 26.2 Å². The Morgan fingerprint density at radius 1 is 1.07 bits per heavy atom. The number of aromatic nitrogens is 1. The van der Waals surface area contributed by atoms with Gasteiger partial charge in [0, 0.05) is 49.5 Å². The highest BCUT2D eigenvalue weighted by atomic mass is 35.5. The highest BCUT2D eigenvalue weighted by Gasteiger charge is 2.24. The van der Waals surface area contributed by atoms with Gasteiger partial charge in [0.05, 0.1) is 4.90 Å². The third-order valence-electron chi connectivity index (χ3n) is 4.53. The molecule has 150 valence electrons. The van der Waals surface area contributed by atoms with Gasteiger partial charge in [-0.2, -0.15) is 0 Å². The van der Waals surface area contributed by atoms with Gasteiger partial charge in [0.1, 0.15) is 0 Å². The van der Waals surface area contributed by atoms with Crippen molar-refractivity contribution in [3.05, 3.63) is 57.5 Å². The van der Waals surface area contributed by atoms with Crippen molar-refractivity contribution >= 4 is 27.7 Å². The largest absolute Gasteiger partial charge is 0.503 e. The molecule has 2 heterocycles. The molecule has 2 N–H and O–H groups in total. The van der Waals surface area contributed by atoms with E-state index in [-0.39, 0.29) is 17.0 Å². The van der Waals surface area contributed by atoms with Gasteiger partial charge in [0.25, 0.3) is 10.0 Å². The highest BCUT2D eigenvalue weighted by Crippen LogP contribution is 2.19. The molecule has 1 saturated heterocycles.